The molecular weight excluding hydrogens is 346 g/mol. The van der Waals surface area contributed by atoms with Crippen molar-refractivity contribution in [2.75, 3.05) is 0 Å². The number of halogens is 1. The van der Waals surface area contributed by atoms with Crippen molar-refractivity contribution < 1.29 is 4.79 Å². The summed E-state index contributed by atoms with van der Waals surface area (Å²) in [7, 11) is 0. The van der Waals surface area contributed by atoms with E-state index in [1.165, 1.54) is 0 Å². The first kappa shape index (κ1) is 18.2. The molecule has 26 heavy (non-hydrogen) atoms. The zero-order chi connectivity index (χ0) is 18.8. The highest BCUT2D eigenvalue weighted by atomic mass is 35.5. The molecule has 1 heterocycles. The summed E-state index contributed by atoms with van der Waals surface area (Å²) in [5.41, 5.74) is 11.5. The average molecular weight is 368 g/mol. The number of benzene rings is 2. The van der Waals surface area contributed by atoms with E-state index in [-0.39, 0.29) is 5.91 Å². The lowest BCUT2D eigenvalue weighted by Gasteiger charge is -2.16. The van der Waals surface area contributed by atoms with Gasteiger partial charge in [-0.25, -0.2) is 4.68 Å². The monoisotopic (exact) mass is 367 g/mol. The lowest BCUT2D eigenvalue weighted by atomic mass is 9.88. The second kappa shape index (κ2) is 7.34. The molecule has 0 fully saturated rings. The number of aryl methyl sites for hydroxylation is 2. The van der Waals surface area contributed by atoms with Crippen molar-refractivity contribution >= 4 is 17.5 Å². The molecule has 0 spiro atoms. The lowest BCUT2D eigenvalue weighted by Crippen LogP contribution is -2.24. The van der Waals surface area contributed by atoms with Crippen LogP contribution in [0, 0.1) is 20.8 Å². The van der Waals surface area contributed by atoms with E-state index in [1.807, 2.05) is 74.0 Å². The van der Waals surface area contributed by atoms with Gasteiger partial charge in [0, 0.05) is 16.3 Å². The van der Waals surface area contributed by atoms with Gasteiger partial charge < -0.3 is 5.73 Å². The minimum atomic E-state index is -0.454. The van der Waals surface area contributed by atoms with Crippen LogP contribution >= 0.6 is 11.6 Å². The molecule has 0 saturated carbocycles. The molecule has 134 valence electrons. The number of nitrogens with two attached hydrogens (primary N) is 1. The number of hydrogen-bond donors (Lipinski definition) is 1. The van der Waals surface area contributed by atoms with Crippen LogP contribution in [0.5, 0.6) is 0 Å². The van der Waals surface area contributed by atoms with Gasteiger partial charge in [-0.15, -0.1) is 0 Å². The van der Waals surface area contributed by atoms with Gasteiger partial charge in [0.25, 0.3) is 0 Å². The third-order valence-electron chi connectivity index (χ3n) is 4.78. The Bertz CT molecular complexity index is 947. The van der Waals surface area contributed by atoms with Crippen molar-refractivity contribution in [3.8, 4) is 5.69 Å². The van der Waals surface area contributed by atoms with E-state index in [2.05, 4.69) is 5.10 Å². The Morgan fingerprint density at radius 3 is 2.50 bits per heavy atom. The molecule has 0 aliphatic carbocycles. The van der Waals surface area contributed by atoms with Gasteiger partial charge in [-0.2, -0.15) is 5.10 Å². The Morgan fingerprint density at radius 1 is 1.15 bits per heavy atom. The summed E-state index contributed by atoms with van der Waals surface area (Å²) >= 11 is 6.14. The first-order chi connectivity index (χ1) is 12.4. The minimum absolute atomic E-state index is 0.358. The second-order valence-electron chi connectivity index (χ2n) is 6.56. The predicted molar refractivity (Wildman–Crippen MR) is 105 cm³/mol. The van der Waals surface area contributed by atoms with Crippen molar-refractivity contribution in [3.63, 3.8) is 0 Å². The highest BCUT2D eigenvalue weighted by Crippen LogP contribution is 2.30. The first-order valence-electron chi connectivity index (χ1n) is 8.54. The molecule has 0 bridgehead atoms. The molecule has 2 aromatic carbocycles. The van der Waals surface area contributed by atoms with Crippen LogP contribution < -0.4 is 5.73 Å². The quantitative estimate of drug-likeness (QED) is 0.732. The molecule has 0 aliphatic heterocycles. The van der Waals surface area contributed by atoms with Crippen LogP contribution in [0.4, 0.5) is 0 Å². The molecule has 1 unspecified atom stereocenters. The summed E-state index contributed by atoms with van der Waals surface area (Å²) in [6.45, 7) is 5.91. The van der Waals surface area contributed by atoms with Gasteiger partial charge in [0.15, 0.2) is 0 Å². The summed E-state index contributed by atoms with van der Waals surface area (Å²) in [5.74, 6) is -0.812. The zero-order valence-corrected chi connectivity index (χ0v) is 15.9. The molecule has 4 nitrogen and oxygen atoms in total. The number of amides is 1. The van der Waals surface area contributed by atoms with Crippen LogP contribution in [0.25, 0.3) is 5.69 Å². The van der Waals surface area contributed by atoms with E-state index in [4.69, 9.17) is 17.3 Å². The third kappa shape index (κ3) is 3.51. The summed E-state index contributed by atoms with van der Waals surface area (Å²) < 4.78 is 1.87. The number of para-hydroxylation sites is 1. The molecule has 0 saturated heterocycles. The van der Waals surface area contributed by atoms with Crippen molar-refractivity contribution in [1.29, 1.82) is 0 Å². The number of carbonyl (C=O) groups excluding carboxylic acids is 1. The molecule has 1 atom stereocenters. The summed E-state index contributed by atoms with van der Waals surface area (Å²) in [6, 6.07) is 15.6. The first-order valence-corrected chi connectivity index (χ1v) is 8.92. The van der Waals surface area contributed by atoms with Crippen LogP contribution in [0.3, 0.4) is 0 Å². The highest BCUT2D eigenvalue weighted by molar-refractivity contribution is 6.30. The van der Waals surface area contributed by atoms with E-state index in [0.717, 1.165) is 33.8 Å². The fourth-order valence-corrected chi connectivity index (χ4v) is 3.60. The smallest absolute Gasteiger partial charge is 0.225 e. The SMILES string of the molecule is Cc1ccc(Cl)cc1CC(C(N)=O)c1c(C)nn(-c2ccccc2)c1C. The number of nitrogens with zero attached hydrogens (tertiary/aromatic N) is 2. The zero-order valence-electron chi connectivity index (χ0n) is 15.2. The number of carbonyl (C=O) groups is 1. The Balaban J connectivity index is 2.05. The van der Waals surface area contributed by atoms with Gasteiger partial charge in [-0.3, -0.25) is 4.79 Å². The molecule has 2 N–H and O–H groups in total. The van der Waals surface area contributed by atoms with E-state index >= 15 is 0 Å². The standard InChI is InChI=1S/C21H22ClN3O/c1-13-9-10-17(22)11-16(13)12-19(21(23)26)20-14(2)24-25(15(20)3)18-7-5-4-6-8-18/h4-11,19H,12H2,1-3H3,(H2,23,26). The number of rotatable bonds is 5. The number of primary amides is 1. The molecular formula is C21H22ClN3O. The van der Waals surface area contributed by atoms with Crippen LogP contribution in [0.2, 0.25) is 5.02 Å². The van der Waals surface area contributed by atoms with Crippen LogP contribution in [0.1, 0.15) is 34.0 Å². The van der Waals surface area contributed by atoms with E-state index in [0.29, 0.717) is 11.4 Å². The molecule has 0 radical (unpaired) electrons. The van der Waals surface area contributed by atoms with Crippen LogP contribution in [-0.4, -0.2) is 15.7 Å². The van der Waals surface area contributed by atoms with E-state index < -0.39 is 5.92 Å². The molecule has 1 aromatic heterocycles. The topological polar surface area (TPSA) is 60.9 Å². The van der Waals surface area contributed by atoms with Gasteiger partial charge >= 0.3 is 0 Å². The second-order valence-corrected chi connectivity index (χ2v) is 7.00. The Morgan fingerprint density at radius 2 is 1.85 bits per heavy atom. The number of hydrogen-bond acceptors (Lipinski definition) is 2. The van der Waals surface area contributed by atoms with Gasteiger partial charge in [0.2, 0.25) is 5.91 Å². The Labute approximate surface area is 158 Å². The van der Waals surface area contributed by atoms with Gasteiger partial charge in [-0.1, -0.05) is 35.9 Å². The van der Waals surface area contributed by atoms with Crippen LogP contribution in [0.15, 0.2) is 48.5 Å². The van der Waals surface area contributed by atoms with Crippen molar-refractivity contribution in [2.24, 2.45) is 5.73 Å². The van der Waals surface area contributed by atoms with E-state index in [1.54, 1.807) is 0 Å². The maximum Gasteiger partial charge on any atom is 0.225 e. The fourth-order valence-electron chi connectivity index (χ4n) is 3.40. The minimum Gasteiger partial charge on any atom is -0.369 e. The molecule has 3 aromatic rings. The Kier molecular flexibility index (Phi) is 5.14. The highest BCUT2D eigenvalue weighted by Gasteiger charge is 2.27. The average Bonchev–Trinajstić information content (AvgIpc) is 2.91. The predicted octanol–water partition coefficient (Wildman–Crippen LogP) is 4.26. The summed E-state index contributed by atoms with van der Waals surface area (Å²) in [4.78, 5) is 12.3. The van der Waals surface area contributed by atoms with E-state index in [9.17, 15) is 4.79 Å². The normalized spacial score (nSPS) is 12.2. The lowest BCUT2D eigenvalue weighted by molar-refractivity contribution is -0.119. The van der Waals surface area contributed by atoms with Gasteiger partial charge in [0.05, 0.1) is 17.3 Å². The largest absolute Gasteiger partial charge is 0.369 e. The fraction of sp³-hybridized carbons (Fsp3) is 0.238. The summed E-state index contributed by atoms with van der Waals surface area (Å²) in [5, 5.41) is 5.30. The molecule has 5 heteroatoms. The number of aromatic nitrogens is 2. The van der Waals surface area contributed by atoms with Gasteiger partial charge in [-0.05, 0) is 62.6 Å². The molecule has 0 aliphatic rings. The maximum atomic E-state index is 12.3. The third-order valence-corrected chi connectivity index (χ3v) is 5.01. The maximum absolute atomic E-state index is 12.3. The van der Waals surface area contributed by atoms with Crippen molar-refractivity contribution in [1.82, 2.24) is 9.78 Å². The van der Waals surface area contributed by atoms with Crippen molar-refractivity contribution in [2.45, 2.75) is 33.1 Å². The van der Waals surface area contributed by atoms with Crippen molar-refractivity contribution in [3.05, 3.63) is 81.6 Å². The van der Waals surface area contributed by atoms with Gasteiger partial charge in [0.1, 0.15) is 0 Å². The molecule has 1 amide bonds. The Hall–Kier alpha value is -2.59. The summed E-state index contributed by atoms with van der Waals surface area (Å²) in [6.07, 6.45) is 0.504. The molecule has 3 rings (SSSR count). The van der Waals surface area contributed by atoms with Crippen LogP contribution in [-0.2, 0) is 11.2 Å².